The van der Waals surface area contributed by atoms with Crippen LogP contribution in [-0.4, -0.2) is 19.1 Å². The van der Waals surface area contributed by atoms with Crippen molar-refractivity contribution in [2.24, 2.45) is 5.92 Å². The molecule has 0 bridgehead atoms. The van der Waals surface area contributed by atoms with Gasteiger partial charge in [0, 0.05) is 6.54 Å². The lowest BCUT2D eigenvalue weighted by atomic mass is 10.1. The zero-order valence-corrected chi connectivity index (χ0v) is 10.2. The van der Waals surface area contributed by atoms with Gasteiger partial charge in [0.25, 0.3) is 0 Å². The van der Waals surface area contributed by atoms with Gasteiger partial charge >= 0.3 is 0 Å². The lowest BCUT2D eigenvalue weighted by molar-refractivity contribution is -0.119. The van der Waals surface area contributed by atoms with Crippen LogP contribution in [0.25, 0.3) is 0 Å². The largest absolute Gasteiger partial charge is 0.492 e. The molecule has 0 aliphatic carbocycles. The molecule has 1 aliphatic heterocycles. The average molecular weight is 234 g/mol. The van der Waals surface area contributed by atoms with Crippen molar-refractivity contribution in [1.82, 2.24) is 0 Å². The van der Waals surface area contributed by atoms with Crippen molar-refractivity contribution in [3.05, 3.63) is 18.2 Å². The number of benzene rings is 1. The molecule has 0 saturated heterocycles. The van der Waals surface area contributed by atoms with E-state index in [-0.39, 0.29) is 11.8 Å². The second kappa shape index (κ2) is 5.08. The highest BCUT2D eigenvalue weighted by atomic mass is 16.5. The Morgan fingerprint density at radius 1 is 1.41 bits per heavy atom. The highest BCUT2D eigenvalue weighted by molar-refractivity contribution is 5.99. The average Bonchev–Trinajstić information content (AvgIpc) is 2.49. The summed E-state index contributed by atoms with van der Waals surface area (Å²) in [5.41, 5.74) is 1.69. The van der Waals surface area contributed by atoms with Crippen LogP contribution in [0.1, 0.15) is 20.3 Å². The first-order valence-corrected chi connectivity index (χ1v) is 6.06. The van der Waals surface area contributed by atoms with E-state index in [1.165, 1.54) is 0 Å². The molecular weight excluding hydrogens is 216 g/mol. The summed E-state index contributed by atoms with van der Waals surface area (Å²) in [6.45, 7) is 5.21. The molecule has 1 heterocycles. The fraction of sp³-hybridized carbons (Fsp3) is 0.462. The molecule has 2 N–H and O–H groups in total. The third kappa shape index (κ3) is 2.35. The van der Waals surface area contributed by atoms with Crippen LogP contribution in [-0.2, 0) is 4.79 Å². The molecule has 0 fully saturated rings. The SMILES string of the molecule is CCOc1cccc2c1NC(=O)C(CC)CN2. The van der Waals surface area contributed by atoms with E-state index in [4.69, 9.17) is 4.74 Å². The van der Waals surface area contributed by atoms with E-state index in [0.29, 0.717) is 13.2 Å². The van der Waals surface area contributed by atoms with Crippen LogP contribution in [0, 0.1) is 5.92 Å². The molecule has 17 heavy (non-hydrogen) atoms. The molecule has 1 amide bonds. The van der Waals surface area contributed by atoms with Crippen LogP contribution in [0.2, 0.25) is 0 Å². The summed E-state index contributed by atoms with van der Waals surface area (Å²) in [6.07, 6.45) is 0.830. The van der Waals surface area contributed by atoms with E-state index in [2.05, 4.69) is 10.6 Å². The van der Waals surface area contributed by atoms with Crippen LogP contribution in [0.4, 0.5) is 11.4 Å². The number of hydrogen-bond donors (Lipinski definition) is 2. The first-order valence-electron chi connectivity index (χ1n) is 6.06. The van der Waals surface area contributed by atoms with Crippen LogP contribution in [0.5, 0.6) is 5.75 Å². The summed E-state index contributed by atoms with van der Waals surface area (Å²) in [4.78, 5) is 12.0. The minimum absolute atomic E-state index is 0.0110. The Morgan fingerprint density at radius 3 is 2.94 bits per heavy atom. The number of hydrogen-bond acceptors (Lipinski definition) is 3. The Bertz CT molecular complexity index is 418. The maximum absolute atomic E-state index is 12.0. The van der Waals surface area contributed by atoms with Crippen molar-refractivity contribution >= 4 is 17.3 Å². The lowest BCUT2D eigenvalue weighted by Gasteiger charge is -2.13. The fourth-order valence-electron chi connectivity index (χ4n) is 1.96. The Labute approximate surface area is 101 Å². The van der Waals surface area contributed by atoms with Gasteiger partial charge in [-0.25, -0.2) is 0 Å². The minimum atomic E-state index is 0.0110. The van der Waals surface area contributed by atoms with Gasteiger partial charge in [0.2, 0.25) is 5.91 Å². The molecule has 0 aromatic heterocycles. The van der Waals surface area contributed by atoms with Crippen molar-refractivity contribution in [3.8, 4) is 5.75 Å². The van der Waals surface area contributed by atoms with E-state index in [1.54, 1.807) is 0 Å². The lowest BCUT2D eigenvalue weighted by Crippen LogP contribution is -2.25. The van der Waals surface area contributed by atoms with Gasteiger partial charge < -0.3 is 15.4 Å². The molecule has 1 aliphatic rings. The molecule has 2 rings (SSSR count). The van der Waals surface area contributed by atoms with Crippen molar-refractivity contribution in [2.45, 2.75) is 20.3 Å². The standard InChI is InChI=1S/C13H18N2O2/c1-3-9-8-14-10-6-5-7-11(17-4-2)12(10)15-13(9)16/h5-7,9,14H,3-4,8H2,1-2H3,(H,15,16). The van der Waals surface area contributed by atoms with Crippen molar-refractivity contribution in [2.75, 3.05) is 23.8 Å². The molecule has 0 spiro atoms. The van der Waals surface area contributed by atoms with Crippen LogP contribution < -0.4 is 15.4 Å². The van der Waals surface area contributed by atoms with Crippen molar-refractivity contribution in [3.63, 3.8) is 0 Å². The van der Waals surface area contributed by atoms with E-state index < -0.39 is 0 Å². The number of rotatable bonds is 3. The monoisotopic (exact) mass is 234 g/mol. The maximum Gasteiger partial charge on any atom is 0.229 e. The Kier molecular flexibility index (Phi) is 3.52. The van der Waals surface area contributed by atoms with Gasteiger partial charge in [0.05, 0.1) is 18.2 Å². The van der Waals surface area contributed by atoms with Gasteiger partial charge in [0.1, 0.15) is 11.4 Å². The van der Waals surface area contributed by atoms with Gasteiger partial charge in [-0.05, 0) is 25.5 Å². The summed E-state index contributed by atoms with van der Waals surface area (Å²) < 4.78 is 5.52. The Morgan fingerprint density at radius 2 is 2.24 bits per heavy atom. The highest BCUT2D eigenvalue weighted by Gasteiger charge is 2.23. The summed E-state index contributed by atoms with van der Waals surface area (Å²) in [5, 5.41) is 6.24. The van der Waals surface area contributed by atoms with Gasteiger partial charge in [-0.1, -0.05) is 13.0 Å². The summed E-state index contributed by atoms with van der Waals surface area (Å²) in [6, 6.07) is 5.75. The number of para-hydroxylation sites is 1. The first-order chi connectivity index (χ1) is 8.26. The zero-order valence-electron chi connectivity index (χ0n) is 10.2. The highest BCUT2D eigenvalue weighted by Crippen LogP contribution is 2.35. The van der Waals surface area contributed by atoms with Crippen LogP contribution in [0.3, 0.4) is 0 Å². The Hall–Kier alpha value is -1.71. The van der Waals surface area contributed by atoms with E-state index in [1.807, 2.05) is 32.0 Å². The van der Waals surface area contributed by atoms with E-state index in [0.717, 1.165) is 23.5 Å². The maximum atomic E-state index is 12.0. The minimum Gasteiger partial charge on any atom is -0.492 e. The number of fused-ring (bicyclic) bond motifs is 1. The molecule has 4 nitrogen and oxygen atoms in total. The normalized spacial score (nSPS) is 18.7. The molecule has 0 saturated carbocycles. The van der Waals surface area contributed by atoms with Gasteiger partial charge in [-0.2, -0.15) is 0 Å². The van der Waals surface area contributed by atoms with Crippen molar-refractivity contribution in [1.29, 1.82) is 0 Å². The number of carbonyl (C=O) groups is 1. The van der Waals surface area contributed by atoms with E-state index >= 15 is 0 Å². The summed E-state index contributed by atoms with van der Waals surface area (Å²) in [7, 11) is 0. The molecule has 92 valence electrons. The third-order valence-corrected chi connectivity index (χ3v) is 2.98. The third-order valence-electron chi connectivity index (χ3n) is 2.98. The smallest absolute Gasteiger partial charge is 0.229 e. The topological polar surface area (TPSA) is 50.4 Å². The molecule has 1 aromatic rings. The van der Waals surface area contributed by atoms with E-state index in [9.17, 15) is 4.79 Å². The summed E-state index contributed by atoms with van der Waals surface area (Å²) in [5.74, 6) is 0.797. The van der Waals surface area contributed by atoms with Crippen LogP contribution >= 0.6 is 0 Å². The fourth-order valence-corrected chi connectivity index (χ4v) is 1.96. The zero-order chi connectivity index (χ0) is 12.3. The molecular formula is C13H18N2O2. The second-order valence-electron chi connectivity index (χ2n) is 4.09. The van der Waals surface area contributed by atoms with Gasteiger partial charge in [0.15, 0.2) is 0 Å². The predicted octanol–water partition coefficient (Wildman–Crippen LogP) is 2.48. The first kappa shape index (κ1) is 11.8. The summed E-state index contributed by atoms with van der Waals surface area (Å²) >= 11 is 0. The second-order valence-corrected chi connectivity index (χ2v) is 4.09. The Balaban J connectivity index is 2.33. The van der Waals surface area contributed by atoms with Gasteiger partial charge in [-0.3, -0.25) is 4.79 Å². The quantitative estimate of drug-likeness (QED) is 0.844. The number of anilines is 2. The van der Waals surface area contributed by atoms with Gasteiger partial charge in [-0.15, -0.1) is 0 Å². The predicted molar refractivity (Wildman–Crippen MR) is 68.5 cm³/mol. The molecule has 1 aromatic carbocycles. The van der Waals surface area contributed by atoms with Crippen LogP contribution in [0.15, 0.2) is 18.2 Å². The number of nitrogens with one attached hydrogen (secondary N) is 2. The van der Waals surface area contributed by atoms with Crippen molar-refractivity contribution < 1.29 is 9.53 Å². The number of amides is 1. The molecule has 0 radical (unpaired) electrons. The number of ether oxygens (including phenoxy) is 1. The molecule has 1 unspecified atom stereocenters. The molecule has 4 heteroatoms. The number of carbonyl (C=O) groups excluding carboxylic acids is 1. The molecule has 1 atom stereocenters.